The third kappa shape index (κ3) is 6.67. The molecular formula is C37H31ClN2O6. The van der Waals surface area contributed by atoms with E-state index in [0.717, 1.165) is 16.7 Å². The van der Waals surface area contributed by atoms with Crippen molar-refractivity contribution in [3.8, 4) is 11.5 Å². The lowest BCUT2D eigenvalue weighted by molar-refractivity contribution is -0.141. The van der Waals surface area contributed by atoms with Crippen LogP contribution < -0.4 is 14.9 Å². The monoisotopic (exact) mass is 634 g/mol. The second-order valence-corrected chi connectivity index (χ2v) is 11.4. The zero-order chi connectivity index (χ0) is 32.0. The Labute approximate surface area is 271 Å². The number of hydrogen-bond donors (Lipinski definition) is 0. The van der Waals surface area contributed by atoms with Crippen LogP contribution in [0.1, 0.15) is 28.2 Å². The molecule has 2 amide bonds. The molecule has 4 aromatic carbocycles. The SMILES string of the molecule is C=CCN(CC(=O)N(Cc1ccc2c(c1)OCO2)Cc1coc2ccc(Cl)cc2c1=O)C(=O)C(c1ccccc1)c1ccccc1. The number of fused-ring (bicyclic) bond motifs is 2. The van der Waals surface area contributed by atoms with Crippen molar-refractivity contribution in [2.75, 3.05) is 19.9 Å². The Kier molecular flexibility index (Phi) is 9.17. The molecule has 0 fully saturated rings. The summed E-state index contributed by atoms with van der Waals surface area (Å²) in [5.74, 6) is -0.0484. The molecule has 0 radical (unpaired) electrons. The first-order chi connectivity index (χ1) is 22.4. The van der Waals surface area contributed by atoms with Crippen LogP contribution in [0.4, 0.5) is 0 Å². The third-order valence-electron chi connectivity index (χ3n) is 7.83. The van der Waals surface area contributed by atoms with Gasteiger partial charge in [0.05, 0.1) is 29.7 Å². The fourth-order valence-electron chi connectivity index (χ4n) is 5.55. The number of amides is 2. The molecule has 0 unspecified atom stereocenters. The van der Waals surface area contributed by atoms with Gasteiger partial charge < -0.3 is 23.7 Å². The van der Waals surface area contributed by atoms with Gasteiger partial charge in [0.1, 0.15) is 12.1 Å². The number of benzene rings is 4. The summed E-state index contributed by atoms with van der Waals surface area (Å²) in [6.07, 6.45) is 2.97. The molecule has 1 aliphatic heterocycles. The van der Waals surface area contributed by atoms with Gasteiger partial charge in [-0.3, -0.25) is 14.4 Å². The fraction of sp³-hybridized carbons (Fsp3) is 0.162. The van der Waals surface area contributed by atoms with Crippen molar-refractivity contribution in [3.05, 3.63) is 153 Å². The molecule has 8 nitrogen and oxygen atoms in total. The van der Waals surface area contributed by atoms with Gasteiger partial charge in [0.25, 0.3) is 0 Å². The van der Waals surface area contributed by atoms with Gasteiger partial charge in [0.2, 0.25) is 18.6 Å². The maximum atomic E-state index is 14.3. The number of nitrogens with zero attached hydrogens (tertiary/aromatic N) is 2. The molecule has 6 rings (SSSR count). The summed E-state index contributed by atoms with van der Waals surface area (Å²) in [5.41, 5.74) is 2.76. The van der Waals surface area contributed by atoms with Crippen molar-refractivity contribution in [3.63, 3.8) is 0 Å². The summed E-state index contributed by atoms with van der Waals surface area (Å²) in [4.78, 5) is 45.0. The van der Waals surface area contributed by atoms with Gasteiger partial charge in [-0.25, -0.2) is 0 Å². The van der Waals surface area contributed by atoms with Crippen LogP contribution in [-0.4, -0.2) is 41.5 Å². The van der Waals surface area contributed by atoms with Crippen LogP contribution in [-0.2, 0) is 22.7 Å². The molecular weight excluding hydrogens is 604 g/mol. The molecule has 0 saturated heterocycles. The molecule has 232 valence electrons. The number of carbonyl (C=O) groups is 2. The van der Waals surface area contributed by atoms with Crippen molar-refractivity contribution in [1.82, 2.24) is 9.80 Å². The zero-order valence-electron chi connectivity index (χ0n) is 24.9. The fourth-order valence-corrected chi connectivity index (χ4v) is 5.72. The highest BCUT2D eigenvalue weighted by molar-refractivity contribution is 6.31. The lowest BCUT2D eigenvalue weighted by Gasteiger charge is -2.30. The van der Waals surface area contributed by atoms with Gasteiger partial charge >= 0.3 is 0 Å². The number of ether oxygens (including phenoxy) is 2. The summed E-state index contributed by atoms with van der Waals surface area (Å²) in [6.45, 7) is 3.95. The number of halogens is 1. The summed E-state index contributed by atoms with van der Waals surface area (Å²) < 4.78 is 16.7. The molecule has 0 N–H and O–H groups in total. The Bertz CT molecular complexity index is 1900. The summed E-state index contributed by atoms with van der Waals surface area (Å²) in [7, 11) is 0. The topological polar surface area (TPSA) is 89.3 Å². The van der Waals surface area contributed by atoms with E-state index in [0.29, 0.717) is 27.5 Å². The first kappa shape index (κ1) is 30.7. The molecule has 1 aromatic heterocycles. The molecule has 0 spiro atoms. The van der Waals surface area contributed by atoms with Crippen LogP contribution >= 0.6 is 11.6 Å². The minimum atomic E-state index is -0.630. The normalized spacial score (nSPS) is 11.9. The Morgan fingerprint density at radius 1 is 0.848 bits per heavy atom. The molecule has 5 aromatic rings. The van der Waals surface area contributed by atoms with Gasteiger partial charge in [-0.2, -0.15) is 0 Å². The van der Waals surface area contributed by atoms with Crippen LogP contribution in [0.15, 0.2) is 125 Å². The Morgan fingerprint density at radius 2 is 1.54 bits per heavy atom. The second-order valence-electron chi connectivity index (χ2n) is 10.9. The highest BCUT2D eigenvalue weighted by Crippen LogP contribution is 2.33. The minimum absolute atomic E-state index is 0.0605. The van der Waals surface area contributed by atoms with E-state index in [4.69, 9.17) is 25.5 Å². The van der Waals surface area contributed by atoms with E-state index in [1.54, 1.807) is 36.4 Å². The standard InChI is InChI=1S/C37H31ClN2O6/c1-2-17-39(37(43)35(26-9-5-3-6-10-26)27-11-7-4-8-12-27)22-34(41)40(20-25-13-15-32-33(18-25)46-24-45-32)21-28-23-44-31-16-14-29(38)19-30(31)36(28)42/h2-16,18-19,23,35H,1,17,20-22,24H2. The molecule has 0 bridgehead atoms. The Balaban J connectivity index is 1.33. The van der Waals surface area contributed by atoms with Crippen molar-refractivity contribution >= 4 is 34.4 Å². The van der Waals surface area contributed by atoms with Gasteiger partial charge in [-0.15, -0.1) is 6.58 Å². The van der Waals surface area contributed by atoms with Crippen LogP contribution in [0, 0.1) is 0 Å². The lowest BCUT2D eigenvalue weighted by atomic mass is 9.90. The summed E-state index contributed by atoms with van der Waals surface area (Å²) in [5, 5.41) is 0.715. The van der Waals surface area contributed by atoms with Crippen molar-refractivity contribution in [2.45, 2.75) is 19.0 Å². The van der Waals surface area contributed by atoms with Crippen LogP contribution in [0.25, 0.3) is 11.0 Å². The van der Waals surface area contributed by atoms with Crippen LogP contribution in [0.3, 0.4) is 0 Å². The summed E-state index contributed by atoms with van der Waals surface area (Å²) >= 11 is 6.17. The highest BCUT2D eigenvalue weighted by Gasteiger charge is 2.30. The van der Waals surface area contributed by atoms with E-state index in [9.17, 15) is 14.4 Å². The van der Waals surface area contributed by atoms with Gasteiger partial charge in [-0.1, -0.05) is 84.4 Å². The van der Waals surface area contributed by atoms with Gasteiger partial charge in [-0.05, 0) is 47.0 Å². The van der Waals surface area contributed by atoms with Gasteiger partial charge in [0, 0.05) is 18.1 Å². The van der Waals surface area contributed by atoms with E-state index in [2.05, 4.69) is 6.58 Å². The summed E-state index contributed by atoms with van der Waals surface area (Å²) in [6, 6.07) is 29.2. The first-order valence-corrected chi connectivity index (χ1v) is 15.1. The van der Waals surface area contributed by atoms with Crippen molar-refractivity contribution < 1.29 is 23.5 Å². The Hall–Kier alpha value is -5.34. The third-order valence-corrected chi connectivity index (χ3v) is 8.07. The number of hydrogen-bond acceptors (Lipinski definition) is 6. The zero-order valence-corrected chi connectivity index (χ0v) is 25.7. The quantitative estimate of drug-likeness (QED) is 0.153. The van der Waals surface area contributed by atoms with Gasteiger partial charge in [0.15, 0.2) is 16.9 Å². The molecule has 2 heterocycles. The first-order valence-electron chi connectivity index (χ1n) is 14.8. The van der Waals surface area contributed by atoms with Crippen LogP contribution in [0.5, 0.6) is 11.5 Å². The maximum Gasteiger partial charge on any atom is 0.242 e. The number of rotatable bonds is 11. The molecule has 0 atom stereocenters. The average Bonchev–Trinajstić information content (AvgIpc) is 3.55. The van der Waals surface area contributed by atoms with Crippen molar-refractivity contribution in [2.24, 2.45) is 0 Å². The second kappa shape index (κ2) is 13.7. The molecule has 46 heavy (non-hydrogen) atoms. The van der Waals surface area contributed by atoms with Crippen molar-refractivity contribution in [1.29, 1.82) is 0 Å². The van der Waals surface area contributed by atoms with E-state index >= 15 is 0 Å². The minimum Gasteiger partial charge on any atom is -0.464 e. The largest absolute Gasteiger partial charge is 0.464 e. The number of carbonyl (C=O) groups excluding carboxylic acids is 2. The smallest absolute Gasteiger partial charge is 0.242 e. The van der Waals surface area contributed by atoms with E-state index < -0.39 is 5.92 Å². The predicted molar refractivity (Wildman–Crippen MR) is 176 cm³/mol. The lowest BCUT2D eigenvalue weighted by Crippen LogP contribution is -2.44. The van der Waals surface area contributed by atoms with E-state index in [1.165, 1.54) is 16.1 Å². The molecule has 0 aliphatic carbocycles. The van der Waals surface area contributed by atoms with Crippen LogP contribution in [0.2, 0.25) is 5.02 Å². The highest BCUT2D eigenvalue weighted by atomic mass is 35.5. The van der Waals surface area contributed by atoms with E-state index in [-0.39, 0.29) is 55.8 Å². The van der Waals surface area contributed by atoms with E-state index in [1.807, 2.05) is 66.7 Å². The molecule has 9 heteroatoms. The maximum absolute atomic E-state index is 14.3. The molecule has 0 saturated carbocycles. The molecule has 1 aliphatic rings. The predicted octanol–water partition coefficient (Wildman–Crippen LogP) is 6.55. The average molecular weight is 635 g/mol. The Morgan fingerprint density at radius 3 is 2.24 bits per heavy atom.